The number of piperazine rings is 1. The Balaban J connectivity index is 1.82. The minimum atomic E-state index is 0.728. The first-order valence-corrected chi connectivity index (χ1v) is 7.43. The minimum Gasteiger partial charge on any atom is -0.494 e. The van der Waals surface area contributed by atoms with Gasteiger partial charge >= 0.3 is 0 Å². The summed E-state index contributed by atoms with van der Waals surface area (Å²) in [7, 11) is 1.69. The molecule has 21 heavy (non-hydrogen) atoms. The summed E-state index contributed by atoms with van der Waals surface area (Å²) in [4.78, 5) is 9.53. The molecular weight excluding hydrogens is 264 g/mol. The van der Waals surface area contributed by atoms with Crippen molar-refractivity contribution < 1.29 is 4.74 Å². The molecular formula is C16H22N4O. The molecule has 1 aliphatic heterocycles. The lowest BCUT2D eigenvalue weighted by Gasteiger charge is -2.35. The monoisotopic (exact) mass is 286 g/mol. The molecule has 1 aromatic heterocycles. The summed E-state index contributed by atoms with van der Waals surface area (Å²) in [5.41, 5.74) is 6.55. The zero-order valence-corrected chi connectivity index (χ0v) is 12.5. The van der Waals surface area contributed by atoms with E-state index in [-0.39, 0.29) is 0 Å². The fourth-order valence-electron chi connectivity index (χ4n) is 2.83. The van der Waals surface area contributed by atoms with Crippen LogP contribution in [0.15, 0.2) is 30.3 Å². The van der Waals surface area contributed by atoms with Crippen molar-refractivity contribution in [1.29, 1.82) is 0 Å². The van der Waals surface area contributed by atoms with E-state index in [1.54, 1.807) is 7.11 Å². The van der Waals surface area contributed by atoms with Gasteiger partial charge in [-0.1, -0.05) is 12.1 Å². The fourth-order valence-corrected chi connectivity index (χ4v) is 2.83. The number of rotatable bonds is 4. The summed E-state index contributed by atoms with van der Waals surface area (Å²) < 4.78 is 5.42. The molecule has 0 bridgehead atoms. The van der Waals surface area contributed by atoms with Crippen molar-refractivity contribution in [3.8, 4) is 5.75 Å². The number of hydrogen-bond donors (Lipinski definition) is 1. The predicted octanol–water partition coefficient (Wildman–Crippen LogP) is 1.32. The summed E-state index contributed by atoms with van der Waals surface area (Å²) in [6.07, 6.45) is 0. The molecule has 112 valence electrons. The molecule has 1 saturated heterocycles. The maximum Gasteiger partial charge on any atom is 0.145 e. The Morgan fingerprint density at radius 2 is 1.95 bits per heavy atom. The van der Waals surface area contributed by atoms with Crippen LogP contribution in [0.1, 0.15) is 0 Å². The van der Waals surface area contributed by atoms with Gasteiger partial charge in [-0.05, 0) is 18.2 Å². The Kier molecular flexibility index (Phi) is 4.22. The van der Waals surface area contributed by atoms with E-state index in [9.17, 15) is 0 Å². The zero-order valence-electron chi connectivity index (χ0n) is 12.5. The smallest absolute Gasteiger partial charge is 0.145 e. The van der Waals surface area contributed by atoms with E-state index < -0.39 is 0 Å². The topological polar surface area (TPSA) is 54.6 Å². The van der Waals surface area contributed by atoms with Gasteiger partial charge in [-0.2, -0.15) is 0 Å². The highest BCUT2D eigenvalue weighted by molar-refractivity contribution is 5.85. The number of benzene rings is 1. The summed E-state index contributed by atoms with van der Waals surface area (Å²) in [6.45, 7) is 5.78. The highest BCUT2D eigenvalue weighted by Crippen LogP contribution is 2.26. The third-order valence-electron chi connectivity index (χ3n) is 4.03. The van der Waals surface area contributed by atoms with Crippen LogP contribution in [0.2, 0.25) is 0 Å². The van der Waals surface area contributed by atoms with Gasteiger partial charge in [0, 0.05) is 44.7 Å². The quantitative estimate of drug-likeness (QED) is 0.919. The lowest BCUT2D eigenvalue weighted by atomic mass is 10.2. The Morgan fingerprint density at radius 1 is 1.14 bits per heavy atom. The molecule has 3 rings (SSSR count). The molecule has 2 aromatic rings. The fraction of sp³-hybridized carbons (Fsp3) is 0.438. The van der Waals surface area contributed by atoms with E-state index in [0.29, 0.717) is 0 Å². The minimum absolute atomic E-state index is 0.728. The predicted molar refractivity (Wildman–Crippen MR) is 86.0 cm³/mol. The standard InChI is InChI=1S/C16H22N4O/c1-21-14-4-2-3-13-5-6-15(18-16(13)14)20-11-9-19(8-7-17)10-12-20/h2-6H,7-12,17H2,1H3. The summed E-state index contributed by atoms with van der Waals surface area (Å²) >= 11 is 0. The molecule has 2 heterocycles. The SMILES string of the molecule is COc1cccc2ccc(N3CCN(CCN)CC3)nc12. The highest BCUT2D eigenvalue weighted by Gasteiger charge is 2.17. The van der Waals surface area contributed by atoms with Crippen LogP contribution < -0.4 is 15.4 Å². The third kappa shape index (κ3) is 2.94. The molecule has 1 aliphatic rings. The van der Waals surface area contributed by atoms with Gasteiger partial charge in [-0.3, -0.25) is 4.90 Å². The van der Waals surface area contributed by atoms with Crippen molar-refractivity contribution in [3.05, 3.63) is 30.3 Å². The summed E-state index contributed by atoms with van der Waals surface area (Å²) in [5.74, 6) is 1.86. The number of hydrogen-bond acceptors (Lipinski definition) is 5. The first-order chi connectivity index (χ1) is 10.3. The molecule has 0 saturated carbocycles. The van der Waals surface area contributed by atoms with Crippen LogP contribution in [0.25, 0.3) is 10.9 Å². The average molecular weight is 286 g/mol. The Morgan fingerprint density at radius 3 is 2.67 bits per heavy atom. The van der Waals surface area contributed by atoms with E-state index in [1.165, 1.54) is 0 Å². The first kappa shape index (κ1) is 14.1. The van der Waals surface area contributed by atoms with Gasteiger partial charge in [0.2, 0.25) is 0 Å². The molecule has 0 radical (unpaired) electrons. The molecule has 1 fully saturated rings. The van der Waals surface area contributed by atoms with Gasteiger partial charge in [-0.25, -0.2) is 4.98 Å². The van der Waals surface area contributed by atoms with Crippen LogP contribution in [0.4, 0.5) is 5.82 Å². The van der Waals surface area contributed by atoms with Gasteiger partial charge < -0.3 is 15.4 Å². The van der Waals surface area contributed by atoms with E-state index in [0.717, 1.165) is 61.7 Å². The molecule has 5 heteroatoms. The van der Waals surface area contributed by atoms with Crippen molar-refractivity contribution in [2.45, 2.75) is 0 Å². The van der Waals surface area contributed by atoms with Crippen molar-refractivity contribution in [2.75, 3.05) is 51.3 Å². The number of para-hydroxylation sites is 1. The van der Waals surface area contributed by atoms with E-state index in [2.05, 4.69) is 28.0 Å². The molecule has 1 aromatic carbocycles. The Hall–Kier alpha value is -1.85. The normalized spacial score (nSPS) is 16.4. The van der Waals surface area contributed by atoms with Gasteiger partial charge in [0.05, 0.1) is 7.11 Å². The van der Waals surface area contributed by atoms with Gasteiger partial charge in [0.1, 0.15) is 17.1 Å². The zero-order chi connectivity index (χ0) is 14.7. The van der Waals surface area contributed by atoms with Gasteiger partial charge in [0.25, 0.3) is 0 Å². The molecule has 2 N–H and O–H groups in total. The number of fused-ring (bicyclic) bond motifs is 1. The number of methoxy groups -OCH3 is 1. The second-order valence-electron chi connectivity index (χ2n) is 5.32. The molecule has 0 unspecified atom stereocenters. The largest absolute Gasteiger partial charge is 0.494 e. The second kappa shape index (κ2) is 6.28. The van der Waals surface area contributed by atoms with Crippen molar-refractivity contribution in [1.82, 2.24) is 9.88 Å². The van der Waals surface area contributed by atoms with Crippen LogP contribution in [0.3, 0.4) is 0 Å². The lowest BCUT2D eigenvalue weighted by molar-refractivity contribution is 0.264. The van der Waals surface area contributed by atoms with E-state index in [1.807, 2.05) is 12.1 Å². The maximum atomic E-state index is 5.62. The first-order valence-electron chi connectivity index (χ1n) is 7.43. The number of ether oxygens (including phenoxy) is 1. The molecule has 0 aliphatic carbocycles. The van der Waals surface area contributed by atoms with Crippen LogP contribution in [0, 0.1) is 0 Å². The van der Waals surface area contributed by atoms with Crippen molar-refractivity contribution in [3.63, 3.8) is 0 Å². The van der Waals surface area contributed by atoms with E-state index in [4.69, 9.17) is 15.5 Å². The van der Waals surface area contributed by atoms with Crippen LogP contribution in [-0.2, 0) is 0 Å². The molecule has 0 atom stereocenters. The number of pyridine rings is 1. The average Bonchev–Trinajstić information content (AvgIpc) is 2.55. The number of nitrogens with zero attached hydrogens (tertiary/aromatic N) is 3. The Labute approximate surface area is 125 Å². The lowest BCUT2D eigenvalue weighted by Crippen LogP contribution is -2.48. The van der Waals surface area contributed by atoms with Crippen LogP contribution >= 0.6 is 0 Å². The second-order valence-corrected chi connectivity index (χ2v) is 5.32. The van der Waals surface area contributed by atoms with Crippen LogP contribution in [-0.4, -0.2) is 56.3 Å². The Bertz CT molecular complexity index is 608. The summed E-state index contributed by atoms with van der Waals surface area (Å²) in [5, 5.41) is 1.11. The molecule has 5 nitrogen and oxygen atoms in total. The third-order valence-corrected chi connectivity index (χ3v) is 4.03. The highest BCUT2D eigenvalue weighted by atomic mass is 16.5. The van der Waals surface area contributed by atoms with Crippen LogP contribution in [0.5, 0.6) is 5.75 Å². The summed E-state index contributed by atoms with van der Waals surface area (Å²) in [6, 6.07) is 10.2. The van der Waals surface area contributed by atoms with E-state index >= 15 is 0 Å². The molecule has 0 spiro atoms. The van der Waals surface area contributed by atoms with Gasteiger partial charge in [0.15, 0.2) is 0 Å². The number of aromatic nitrogens is 1. The maximum absolute atomic E-state index is 5.62. The van der Waals surface area contributed by atoms with Crippen molar-refractivity contribution in [2.24, 2.45) is 5.73 Å². The number of anilines is 1. The number of nitrogens with two attached hydrogens (primary N) is 1. The van der Waals surface area contributed by atoms with Gasteiger partial charge in [-0.15, -0.1) is 0 Å². The molecule has 0 amide bonds. The van der Waals surface area contributed by atoms with Crippen molar-refractivity contribution >= 4 is 16.7 Å².